The van der Waals surface area contributed by atoms with Crippen LogP contribution in [-0.2, 0) is 6.42 Å². The standard InChI is InChI=1S/C15H13NO/c1-3-10-9(2)8-13-11-6-4-5-7-12(11)15(17)16-14(10)13/h3-7H,1,8H2,2H3,(H,16,17). The Labute approximate surface area is 99.3 Å². The molecule has 2 nitrogen and oxygen atoms in total. The van der Waals surface area contributed by atoms with Crippen LogP contribution in [0.3, 0.4) is 0 Å². The molecule has 1 heterocycles. The van der Waals surface area contributed by atoms with Gasteiger partial charge in [-0.2, -0.15) is 0 Å². The van der Waals surface area contributed by atoms with Crippen LogP contribution in [0.15, 0.2) is 47.3 Å². The highest BCUT2D eigenvalue weighted by Crippen LogP contribution is 2.34. The lowest BCUT2D eigenvalue weighted by Crippen LogP contribution is -2.10. The van der Waals surface area contributed by atoms with Crippen molar-refractivity contribution in [2.24, 2.45) is 0 Å². The van der Waals surface area contributed by atoms with Crippen molar-refractivity contribution >= 4 is 16.3 Å². The van der Waals surface area contributed by atoms with E-state index in [1.807, 2.05) is 30.3 Å². The van der Waals surface area contributed by atoms with E-state index >= 15 is 0 Å². The fourth-order valence-electron chi connectivity index (χ4n) is 2.60. The van der Waals surface area contributed by atoms with Crippen molar-refractivity contribution in [2.75, 3.05) is 0 Å². The molecular weight excluding hydrogens is 210 g/mol. The van der Waals surface area contributed by atoms with Gasteiger partial charge in [-0.25, -0.2) is 0 Å². The summed E-state index contributed by atoms with van der Waals surface area (Å²) >= 11 is 0. The summed E-state index contributed by atoms with van der Waals surface area (Å²) in [4.78, 5) is 15.0. The first-order chi connectivity index (χ1) is 8.22. The Kier molecular flexibility index (Phi) is 2.05. The summed E-state index contributed by atoms with van der Waals surface area (Å²) in [6.45, 7) is 5.91. The molecule has 2 aromatic rings. The summed E-state index contributed by atoms with van der Waals surface area (Å²) in [5.74, 6) is 0. The van der Waals surface area contributed by atoms with Crippen molar-refractivity contribution < 1.29 is 0 Å². The molecular formula is C15H13NO. The number of benzene rings is 1. The molecule has 1 aromatic heterocycles. The Balaban J connectivity index is 2.46. The Morgan fingerprint density at radius 1 is 1.29 bits per heavy atom. The van der Waals surface area contributed by atoms with E-state index in [0.717, 1.165) is 28.5 Å². The summed E-state index contributed by atoms with van der Waals surface area (Å²) in [6, 6.07) is 7.76. The first kappa shape index (κ1) is 10.1. The van der Waals surface area contributed by atoms with E-state index < -0.39 is 0 Å². The van der Waals surface area contributed by atoms with E-state index in [1.54, 1.807) is 0 Å². The van der Waals surface area contributed by atoms with Crippen molar-refractivity contribution in [3.63, 3.8) is 0 Å². The quantitative estimate of drug-likeness (QED) is 0.792. The molecule has 1 aromatic carbocycles. The average molecular weight is 223 g/mol. The minimum Gasteiger partial charge on any atom is -0.321 e. The van der Waals surface area contributed by atoms with E-state index in [-0.39, 0.29) is 5.56 Å². The van der Waals surface area contributed by atoms with Crippen LogP contribution in [0.25, 0.3) is 16.3 Å². The van der Waals surface area contributed by atoms with Crippen LogP contribution in [0.5, 0.6) is 0 Å². The van der Waals surface area contributed by atoms with Gasteiger partial charge in [0, 0.05) is 5.39 Å². The highest BCUT2D eigenvalue weighted by molar-refractivity contribution is 5.93. The first-order valence-corrected chi connectivity index (χ1v) is 5.69. The second-order valence-electron chi connectivity index (χ2n) is 4.43. The van der Waals surface area contributed by atoms with Gasteiger partial charge < -0.3 is 4.98 Å². The van der Waals surface area contributed by atoms with Gasteiger partial charge >= 0.3 is 0 Å². The fourth-order valence-corrected chi connectivity index (χ4v) is 2.60. The van der Waals surface area contributed by atoms with Gasteiger partial charge in [0.25, 0.3) is 5.56 Å². The van der Waals surface area contributed by atoms with Crippen LogP contribution < -0.4 is 5.56 Å². The molecule has 0 amide bonds. The lowest BCUT2D eigenvalue weighted by atomic mass is 10.0. The summed E-state index contributed by atoms with van der Waals surface area (Å²) in [7, 11) is 0. The molecule has 3 rings (SSSR count). The largest absolute Gasteiger partial charge is 0.321 e. The number of fused-ring (bicyclic) bond motifs is 3. The third-order valence-corrected chi connectivity index (χ3v) is 3.41. The van der Waals surface area contributed by atoms with Gasteiger partial charge in [0.2, 0.25) is 0 Å². The number of nitrogens with one attached hydrogen (secondary N) is 1. The molecule has 0 aliphatic heterocycles. The maximum Gasteiger partial charge on any atom is 0.256 e. The molecule has 1 N–H and O–H groups in total. The molecule has 1 aliphatic rings. The lowest BCUT2D eigenvalue weighted by Gasteiger charge is -2.05. The van der Waals surface area contributed by atoms with Gasteiger partial charge in [-0.15, -0.1) is 0 Å². The van der Waals surface area contributed by atoms with Crippen LogP contribution >= 0.6 is 0 Å². The Morgan fingerprint density at radius 3 is 2.71 bits per heavy atom. The summed E-state index contributed by atoms with van der Waals surface area (Å²) in [5.41, 5.74) is 4.48. The monoisotopic (exact) mass is 223 g/mol. The number of allylic oxidation sites excluding steroid dienone is 3. The third kappa shape index (κ3) is 1.30. The van der Waals surface area contributed by atoms with E-state index in [1.165, 1.54) is 11.1 Å². The summed E-state index contributed by atoms with van der Waals surface area (Å²) in [5, 5.41) is 1.83. The smallest absolute Gasteiger partial charge is 0.256 e. The van der Waals surface area contributed by atoms with Crippen LogP contribution in [0.1, 0.15) is 18.2 Å². The molecule has 17 heavy (non-hydrogen) atoms. The highest BCUT2D eigenvalue weighted by atomic mass is 16.1. The second kappa shape index (κ2) is 3.45. The van der Waals surface area contributed by atoms with Crippen molar-refractivity contribution in [3.8, 4) is 0 Å². The van der Waals surface area contributed by atoms with Crippen LogP contribution in [-0.4, -0.2) is 4.98 Å². The van der Waals surface area contributed by atoms with Crippen molar-refractivity contribution in [1.82, 2.24) is 4.98 Å². The van der Waals surface area contributed by atoms with Gasteiger partial charge in [-0.3, -0.25) is 4.79 Å². The number of hydrogen-bond acceptors (Lipinski definition) is 1. The number of rotatable bonds is 1. The molecule has 0 radical (unpaired) electrons. The van der Waals surface area contributed by atoms with Crippen molar-refractivity contribution in [3.05, 3.63) is 64.1 Å². The van der Waals surface area contributed by atoms with Crippen LogP contribution in [0.4, 0.5) is 0 Å². The topological polar surface area (TPSA) is 32.9 Å². The minimum atomic E-state index is -0.0200. The van der Waals surface area contributed by atoms with E-state index in [0.29, 0.717) is 0 Å². The lowest BCUT2D eigenvalue weighted by molar-refractivity contribution is 1.16. The zero-order valence-electron chi connectivity index (χ0n) is 9.71. The molecule has 0 fully saturated rings. The van der Waals surface area contributed by atoms with Crippen molar-refractivity contribution in [1.29, 1.82) is 0 Å². The molecule has 84 valence electrons. The van der Waals surface area contributed by atoms with E-state index in [9.17, 15) is 4.79 Å². The second-order valence-corrected chi connectivity index (χ2v) is 4.43. The predicted octanol–water partition coefficient (Wildman–Crippen LogP) is 3.04. The predicted molar refractivity (Wildman–Crippen MR) is 71.1 cm³/mol. The van der Waals surface area contributed by atoms with Gasteiger partial charge in [0.05, 0.1) is 5.69 Å². The Hall–Kier alpha value is -2.09. The number of pyridine rings is 1. The van der Waals surface area contributed by atoms with Gasteiger partial charge in [-0.05, 0) is 35.9 Å². The van der Waals surface area contributed by atoms with Gasteiger partial charge in [0.1, 0.15) is 0 Å². The molecule has 0 unspecified atom stereocenters. The third-order valence-electron chi connectivity index (χ3n) is 3.41. The first-order valence-electron chi connectivity index (χ1n) is 5.69. The van der Waals surface area contributed by atoms with Gasteiger partial charge in [-0.1, -0.05) is 36.4 Å². The zero-order chi connectivity index (χ0) is 12.0. The summed E-state index contributed by atoms with van der Waals surface area (Å²) in [6.07, 6.45) is 2.72. The molecule has 0 atom stereocenters. The molecule has 0 saturated heterocycles. The Morgan fingerprint density at radius 2 is 2.00 bits per heavy atom. The molecule has 2 heteroatoms. The summed E-state index contributed by atoms with van der Waals surface area (Å²) < 4.78 is 0. The SMILES string of the molecule is C=CC1=C(C)Cc2c1[nH]c(=O)c1ccccc21. The minimum absolute atomic E-state index is 0.0200. The number of H-pyrrole nitrogens is 1. The molecule has 0 bridgehead atoms. The van der Waals surface area contributed by atoms with Crippen LogP contribution in [0.2, 0.25) is 0 Å². The number of aromatic nitrogens is 1. The number of aromatic amines is 1. The zero-order valence-corrected chi connectivity index (χ0v) is 9.71. The van der Waals surface area contributed by atoms with E-state index in [2.05, 4.69) is 18.5 Å². The van der Waals surface area contributed by atoms with Crippen LogP contribution in [0, 0.1) is 0 Å². The maximum absolute atomic E-state index is 12.0. The average Bonchev–Trinajstić information content (AvgIpc) is 2.66. The fraction of sp³-hybridized carbons (Fsp3) is 0.133. The molecule has 1 aliphatic carbocycles. The normalized spacial score (nSPS) is 14.2. The van der Waals surface area contributed by atoms with E-state index in [4.69, 9.17) is 0 Å². The maximum atomic E-state index is 12.0. The Bertz CT molecular complexity index is 719. The molecule has 0 spiro atoms. The highest BCUT2D eigenvalue weighted by Gasteiger charge is 2.20. The molecule has 0 saturated carbocycles. The van der Waals surface area contributed by atoms with Crippen molar-refractivity contribution in [2.45, 2.75) is 13.3 Å². The van der Waals surface area contributed by atoms with Gasteiger partial charge in [0.15, 0.2) is 0 Å². The number of hydrogen-bond donors (Lipinski definition) is 1.